The van der Waals surface area contributed by atoms with E-state index in [-0.39, 0.29) is 12.1 Å². The summed E-state index contributed by atoms with van der Waals surface area (Å²) in [7, 11) is 0. The summed E-state index contributed by atoms with van der Waals surface area (Å²) >= 11 is 1.72. The van der Waals surface area contributed by atoms with Crippen LogP contribution in [0.5, 0.6) is 0 Å². The molecule has 22 heavy (non-hydrogen) atoms. The molecule has 0 saturated carbocycles. The molecule has 4 heteroatoms. The number of anilines is 1. The zero-order valence-corrected chi connectivity index (χ0v) is 13.7. The Labute approximate surface area is 135 Å². The standard InChI is InChI=1S/C18H20N2OS/c1-3-12-20-17(13-8-10-14(22-2)11-9-13)19-16-7-5-4-6-15(16)18(20)21/h4-11,17,19H,3,12H2,1-2H3/t17-/m0/s1. The van der Waals surface area contributed by atoms with E-state index < -0.39 is 0 Å². The van der Waals surface area contributed by atoms with Gasteiger partial charge >= 0.3 is 0 Å². The van der Waals surface area contributed by atoms with Crippen molar-refractivity contribution in [2.75, 3.05) is 18.1 Å². The largest absolute Gasteiger partial charge is 0.361 e. The second-order valence-electron chi connectivity index (χ2n) is 5.36. The summed E-state index contributed by atoms with van der Waals surface area (Å²) in [6.45, 7) is 2.84. The van der Waals surface area contributed by atoms with Gasteiger partial charge in [0, 0.05) is 17.1 Å². The van der Waals surface area contributed by atoms with Crippen LogP contribution in [-0.4, -0.2) is 23.6 Å². The number of carbonyl (C=O) groups excluding carboxylic acids is 1. The molecule has 114 valence electrons. The van der Waals surface area contributed by atoms with E-state index in [4.69, 9.17) is 0 Å². The maximum atomic E-state index is 12.8. The molecule has 0 aromatic heterocycles. The molecule has 0 spiro atoms. The zero-order valence-electron chi connectivity index (χ0n) is 12.9. The molecule has 2 aromatic rings. The van der Waals surface area contributed by atoms with Crippen molar-refractivity contribution in [2.24, 2.45) is 0 Å². The van der Waals surface area contributed by atoms with Gasteiger partial charge in [-0.3, -0.25) is 4.79 Å². The molecule has 3 nitrogen and oxygen atoms in total. The number of hydrogen-bond acceptors (Lipinski definition) is 3. The fourth-order valence-corrected chi connectivity index (χ4v) is 3.22. The van der Waals surface area contributed by atoms with Crippen LogP contribution in [-0.2, 0) is 0 Å². The van der Waals surface area contributed by atoms with Gasteiger partial charge in [0.2, 0.25) is 0 Å². The normalized spacial score (nSPS) is 17.1. The van der Waals surface area contributed by atoms with E-state index in [9.17, 15) is 4.79 Å². The van der Waals surface area contributed by atoms with Gasteiger partial charge in [-0.05, 0) is 42.5 Å². The van der Waals surface area contributed by atoms with E-state index >= 15 is 0 Å². The topological polar surface area (TPSA) is 32.3 Å². The van der Waals surface area contributed by atoms with Gasteiger partial charge in [-0.15, -0.1) is 11.8 Å². The first-order chi connectivity index (χ1) is 10.7. The van der Waals surface area contributed by atoms with Crippen molar-refractivity contribution in [3.63, 3.8) is 0 Å². The summed E-state index contributed by atoms with van der Waals surface area (Å²) in [6, 6.07) is 16.2. The number of nitrogens with zero attached hydrogens (tertiary/aromatic N) is 1. The Kier molecular flexibility index (Phi) is 4.39. The maximum absolute atomic E-state index is 12.8. The Morgan fingerprint density at radius 1 is 1.14 bits per heavy atom. The summed E-state index contributed by atoms with van der Waals surface area (Å²) in [5.41, 5.74) is 2.79. The Morgan fingerprint density at radius 2 is 1.86 bits per heavy atom. The van der Waals surface area contributed by atoms with Gasteiger partial charge in [0.25, 0.3) is 5.91 Å². The molecule has 3 rings (SSSR count). The number of nitrogens with one attached hydrogen (secondary N) is 1. The van der Waals surface area contributed by atoms with E-state index in [1.54, 1.807) is 11.8 Å². The third-order valence-electron chi connectivity index (χ3n) is 3.92. The molecule has 1 aliphatic heterocycles. The summed E-state index contributed by atoms with van der Waals surface area (Å²) in [5.74, 6) is 0.107. The van der Waals surface area contributed by atoms with Crippen molar-refractivity contribution in [3.8, 4) is 0 Å². The first-order valence-electron chi connectivity index (χ1n) is 7.55. The zero-order chi connectivity index (χ0) is 15.5. The predicted octanol–water partition coefficient (Wildman–Crippen LogP) is 4.39. The van der Waals surface area contributed by atoms with E-state index in [2.05, 4.69) is 42.8 Å². The smallest absolute Gasteiger partial charge is 0.257 e. The number of carbonyl (C=O) groups is 1. The molecule has 1 atom stereocenters. The number of thioether (sulfide) groups is 1. The fourth-order valence-electron chi connectivity index (χ4n) is 2.81. The quantitative estimate of drug-likeness (QED) is 0.850. The molecule has 2 aromatic carbocycles. The fraction of sp³-hybridized carbons (Fsp3) is 0.278. The lowest BCUT2D eigenvalue weighted by molar-refractivity contribution is 0.0683. The van der Waals surface area contributed by atoms with Crippen molar-refractivity contribution >= 4 is 23.4 Å². The highest BCUT2D eigenvalue weighted by molar-refractivity contribution is 7.98. The van der Waals surface area contributed by atoms with Crippen molar-refractivity contribution in [1.82, 2.24) is 4.90 Å². The minimum Gasteiger partial charge on any atom is -0.361 e. The van der Waals surface area contributed by atoms with Gasteiger partial charge in [0.1, 0.15) is 6.17 Å². The molecular weight excluding hydrogens is 292 g/mol. The molecule has 0 aliphatic carbocycles. The van der Waals surface area contributed by atoms with Crippen LogP contribution in [0.1, 0.15) is 35.4 Å². The Hall–Kier alpha value is -1.94. The van der Waals surface area contributed by atoms with Gasteiger partial charge in [-0.1, -0.05) is 31.2 Å². The summed E-state index contributed by atoms with van der Waals surface area (Å²) < 4.78 is 0. The lowest BCUT2D eigenvalue weighted by atomic mass is 10.0. The van der Waals surface area contributed by atoms with Crippen LogP contribution in [0, 0.1) is 0 Å². The molecule has 0 bridgehead atoms. The summed E-state index contributed by atoms with van der Waals surface area (Å²) in [4.78, 5) is 16.0. The first-order valence-corrected chi connectivity index (χ1v) is 8.77. The van der Waals surface area contributed by atoms with Crippen LogP contribution in [0.25, 0.3) is 0 Å². The molecular formula is C18H20N2OS. The number of amides is 1. The Morgan fingerprint density at radius 3 is 2.55 bits per heavy atom. The molecule has 0 unspecified atom stereocenters. The third kappa shape index (κ3) is 2.71. The van der Waals surface area contributed by atoms with Crippen molar-refractivity contribution < 1.29 is 4.79 Å². The minimum atomic E-state index is -0.0988. The molecule has 1 aliphatic rings. The molecule has 0 radical (unpaired) electrons. The SMILES string of the molecule is CCCN1C(=O)c2ccccc2N[C@@H]1c1ccc(SC)cc1. The predicted molar refractivity (Wildman–Crippen MR) is 92.4 cm³/mol. The number of benzene rings is 2. The van der Waals surface area contributed by atoms with E-state index in [0.717, 1.165) is 29.8 Å². The summed E-state index contributed by atoms with van der Waals surface area (Å²) in [5, 5.41) is 3.51. The van der Waals surface area contributed by atoms with Crippen LogP contribution < -0.4 is 5.32 Å². The molecule has 0 saturated heterocycles. The lowest BCUT2D eigenvalue weighted by Gasteiger charge is -2.38. The van der Waals surface area contributed by atoms with Crippen LogP contribution >= 0.6 is 11.8 Å². The average molecular weight is 312 g/mol. The van der Waals surface area contributed by atoms with Crippen molar-refractivity contribution in [3.05, 3.63) is 59.7 Å². The molecule has 1 N–H and O–H groups in total. The summed E-state index contributed by atoms with van der Waals surface area (Å²) in [6.07, 6.45) is 2.91. The highest BCUT2D eigenvalue weighted by atomic mass is 32.2. The van der Waals surface area contributed by atoms with Gasteiger partial charge in [-0.25, -0.2) is 0 Å². The third-order valence-corrected chi connectivity index (χ3v) is 4.66. The number of hydrogen-bond donors (Lipinski definition) is 1. The van der Waals surface area contributed by atoms with Crippen LogP contribution in [0.4, 0.5) is 5.69 Å². The van der Waals surface area contributed by atoms with Crippen molar-refractivity contribution in [1.29, 1.82) is 0 Å². The van der Waals surface area contributed by atoms with Crippen LogP contribution in [0.15, 0.2) is 53.4 Å². The van der Waals surface area contributed by atoms with E-state index in [1.165, 1.54) is 4.90 Å². The monoisotopic (exact) mass is 312 g/mol. The lowest BCUT2D eigenvalue weighted by Crippen LogP contribution is -2.43. The first kappa shape index (κ1) is 15.0. The van der Waals surface area contributed by atoms with Crippen LogP contribution in [0.2, 0.25) is 0 Å². The number of rotatable bonds is 4. The number of fused-ring (bicyclic) bond motifs is 1. The van der Waals surface area contributed by atoms with Gasteiger partial charge in [-0.2, -0.15) is 0 Å². The molecule has 0 fully saturated rings. The van der Waals surface area contributed by atoms with Crippen molar-refractivity contribution in [2.45, 2.75) is 24.4 Å². The second-order valence-corrected chi connectivity index (χ2v) is 6.24. The number of para-hydroxylation sites is 1. The average Bonchev–Trinajstić information content (AvgIpc) is 2.57. The molecule has 1 heterocycles. The maximum Gasteiger partial charge on any atom is 0.257 e. The minimum absolute atomic E-state index is 0.0988. The second kappa shape index (κ2) is 6.44. The molecule has 1 amide bonds. The van der Waals surface area contributed by atoms with Gasteiger partial charge < -0.3 is 10.2 Å². The van der Waals surface area contributed by atoms with E-state index in [1.807, 2.05) is 29.2 Å². The highest BCUT2D eigenvalue weighted by Crippen LogP contribution is 2.33. The van der Waals surface area contributed by atoms with Gasteiger partial charge in [0.15, 0.2) is 0 Å². The van der Waals surface area contributed by atoms with E-state index in [0.29, 0.717) is 0 Å². The van der Waals surface area contributed by atoms with Gasteiger partial charge in [0.05, 0.1) is 5.56 Å². The Bertz CT molecular complexity index is 669. The highest BCUT2D eigenvalue weighted by Gasteiger charge is 2.31. The Balaban J connectivity index is 1.99. The van der Waals surface area contributed by atoms with Crippen LogP contribution in [0.3, 0.4) is 0 Å².